The summed E-state index contributed by atoms with van der Waals surface area (Å²) in [5.41, 5.74) is 22.5. The fourth-order valence-corrected chi connectivity index (χ4v) is 6.20. The maximum Gasteiger partial charge on any atom is 0.491 e. The van der Waals surface area contributed by atoms with Gasteiger partial charge in [-0.3, -0.25) is 0 Å². The minimum absolute atomic E-state index is 0.0299. The fraction of sp³-hybridized carbons (Fsp3) is 0.176. The molecule has 6 aromatic rings. The Morgan fingerprint density at radius 3 is 1.43 bits per heavy atom. The van der Waals surface area contributed by atoms with E-state index in [0.717, 1.165) is 79.0 Å². The van der Waals surface area contributed by atoms with E-state index in [1.54, 1.807) is 12.4 Å². The summed E-state index contributed by atoms with van der Waals surface area (Å²) in [6, 6.07) is 24.0. The smallest absolute Gasteiger partial charge is 0.423 e. The highest BCUT2D eigenvalue weighted by atomic mass is 16.5. The first-order valence-corrected chi connectivity index (χ1v) is 15.2. The zero-order valence-corrected chi connectivity index (χ0v) is 25.5. The van der Waals surface area contributed by atoms with Crippen LogP contribution in [0.25, 0.3) is 44.1 Å². The molecule has 6 N–H and O–H groups in total. The van der Waals surface area contributed by atoms with Crippen molar-refractivity contribution >= 4 is 58.3 Å². The molecule has 0 radical (unpaired) electrons. The molecular weight excluding hydrogens is 578 g/mol. The molecule has 0 fully saturated rings. The first kappa shape index (κ1) is 29.8. The second-order valence-corrected chi connectivity index (χ2v) is 11.9. The number of nitrogen functional groups attached to an aromatic ring is 2. The van der Waals surface area contributed by atoms with Gasteiger partial charge in [0.05, 0.1) is 34.8 Å². The van der Waals surface area contributed by atoms with E-state index in [0.29, 0.717) is 11.4 Å². The number of hydrogen-bond donors (Lipinski definition) is 4. The van der Waals surface area contributed by atoms with E-state index < -0.39 is 14.2 Å². The summed E-state index contributed by atoms with van der Waals surface area (Å²) in [6.07, 6.45) is 4.79. The number of nitrogens with zero attached hydrogens (tertiary/aromatic N) is 4. The Morgan fingerprint density at radius 1 is 0.609 bits per heavy atom. The van der Waals surface area contributed by atoms with Crippen molar-refractivity contribution in [2.24, 2.45) is 0 Å². The number of hydrogen-bond acceptors (Lipinski definition) is 10. The van der Waals surface area contributed by atoms with Crippen molar-refractivity contribution in [2.45, 2.75) is 38.9 Å². The second-order valence-electron chi connectivity index (χ2n) is 11.9. The molecule has 0 spiro atoms. The summed E-state index contributed by atoms with van der Waals surface area (Å²) in [7, 11) is -1.74. The highest BCUT2D eigenvalue weighted by Gasteiger charge is 2.30. The second kappa shape index (κ2) is 12.1. The molecule has 0 bridgehead atoms. The Balaban J connectivity index is 0.000000147. The van der Waals surface area contributed by atoms with E-state index in [9.17, 15) is 10.0 Å². The lowest BCUT2D eigenvalue weighted by Crippen LogP contribution is -2.44. The van der Waals surface area contributed by atoms with E-state index >= 15 is 0 Å². The topological polar surface area (TPSA) is 163 Å². The van der Waals surface area contributed by atoms with Crippen molar-refractivity contribution in [3.8, 4) is 22.3 Å². The molecule has 2 aliphatic heterocycles. The summed E-state index contributed by atoms with van der Waals surface area (Å²) in [6.45, 7) is 3.93. The van der Waals surface area contributed by atoms with Crippen molar-refractivity contribution in [3.63, 3.8) is 0 Å². The first-order chi connectivity index (χ1) is 22.2. The van der Waals surface area contributed by atoms with Gasteiger partial charge in [-0.25, -0.2) is 0 Å². The quantitative estimate of drug-likeness (QED) is 0.215. The Bertz CT molecular complexity index is 1950. The molecule has 2 aromatic heterocycles. The molecule has 4 aromatic carbocycles. The highest BCUT2D eigenvalue weighted by molar-refractivity contribution is 6.61. The van der Waals surface area contributed by atoms with Crippen LogP contribution in [0, 0.1) is 0 Å². The molecule has 2 atom stereocenters. The van der Waals surface area contributed by atoms with Gasteiger partial charge in [-0.05, 0) is 95.3 Å². The van der Waals surface area contributed by atoms with Gasteiger partial charge in [0.15, 0.2) is 0 Å². The minimum Gasteiger partial charge on any atom is -0.423 e. The molecule has 2 aliphatic rings. The Kier molecular flexibility index (Phi) is 7.87. The van der Waals surface area contributed by atoms with Crippen LogP contribution in [-0.2, 0) is 22.2 Å². The normalized spacial score (nSPS) is 17.3. The minimum atomic E-state index is -0.871. The number of benzene rings is 4. The standard InChI is InChI=1S/2C17H16BN3O2/c2*1-10-6-13-3-2-11(7-15(13)18(22)23-10)12-4-5-14-16(19)9-20-21-17(14)8-12/h2*2-5,7-10,22H,6H2,1H3,(H2,19,21). The van der Waals surface area contributed by atoms with Gasteiger partial charge in [0.2, 0.25) is 0 Å². The summed E-state index contributed by atoms with van der Waals surface area (Å²) >= 11 is 0. The largest absolute Gasteiger partial charge is 0.491 e. The maximum absolute atomic E-state index is 10.2. The molecular formula is C34H32B2N6O4. The summed E-state index contributed by atoms with van der Waals surface area (Å²) in [4.78, 5) is 0. The summed E-state index contributed by atoms with van der Waals surface area (Å²) in [5, 5.41) is 38.2. The molecule has 2 unspecified atom stereocenters. The molecule has 8 rings (SSSR count). The van der Waals surface area contributed by atoms with Crippen LogP contribution in [0.15, 0.2) is 85.2 Å². The third kappa shape index (κ3) is 5.79. The summed E-state index contributed by atoms with van der Waals surface area (Å²) in [5.74, 6) is 0. The van der Waals surface area contributed by atoms with Crippen LogP contribution in [0.3, 0.4) is 0 Å². The van der Waals surface area contributed by atoms with E-state index in [1.807, 2.05) is 62.4 Å². The number of anilines is 2. The fourth-order valence-electron chi connectivity index (χ4n) is 6.20. The van der Waals surface area contributed by atoms with E-state index in [1.165, 1.54) is 0 Å². The van der Waals surface area contributed by atoms with Crippen molar-refractivity contribution in [3.05, 3.63) is 96.3 Å². The Hall–Kier alpha value is -4.87. The van der Waals surface area contributed by atoms with E-state index in [4.69, 9.17) is 20.8 Å². The number of rotatable bonds is 2. The molecule has 4 heterocycles. The lowest BCUT2D eigenvalue weighted by Gasteiger charge is -2.25. The predicted octanol–water partition coefficient (Wildman–Crippen LogP) is 3.06. The average molecular weight is 610 g/mol. The van der Waals surface area contributed by atoms with Crippen molar-refractivity contribution in [1.29, 1.82) is 0 Å². The lowest BCUT2D eigenvalue weighted by atomic mass is 9.71. The van der Waals surface area contributed by atoms with Crippen molar-refractivity contribution in [2.75, 3.05) is 11.5 Å². The molecule has 10 nitrogen and oxygen atoms in total. The van der Waals surface area contributed by atoms with Gasteiger partial charge in [0.1, 0.15) is 0 Å². The van der Waals surface area contributed by atoms with Gasteiger partial charge in [-0.2, -0.15) is 20.4 Å². The Morgan fingerprint density at radius 2 is 1.00 bits per heavy atom. The molecule has 0 saturated heterocycles. The molecule has 46 heavy (non-hydrogen) atoms. The van der Waals surface area contributed by atoms with Crippen LogP contribution < -0.4 is 22.4 Å². The third-order valence-electron chi connectivity index (χ3n) is 8.57. The molecule has 12 heteroatoms. The van der Waals surface area contributed by atoms with Gasteiger partial charge in [-0.15, -0.1) is 0 Å². The number of aromatic nitrogens is 4. The van der Waals surface area contributed by atoms with Crippen LogP contribution in [0.1, 0.15) is 25.0 Å². The van der Waals surface area contributed by atoms with Crippen LogP contribution in [0.2, 0.25) is 0 Å². The zero-order chi connectivity index (χ0) is 31.9. The Labute approximate surface area is 266 Å². The van der Waals surface area contributed by atoms with Crippen molar-refractivity contribution < 1.29 is 19.4 Å². The van der Waals surface area contributed by atoms with Crippen LogP contribution >= 0.6 is 0 Å². The molecule has 0 amide bonds. The third-order valence-corrected chi connectivity index (χ3v) is 8.57. The first-order valence-electron chi connectivity index (χ1n) is 15.2. The van der Waals surface area contributed by atoms with E-state index in [-0.39, 0.29) is 12.2 Å². The zero-order valence-electron chi connectivity index (χ0n) is 25.5. The van der Waals surface area contributed by atoms with Gasteiger partial charge in [-0.1, -0.05) is 48.5 Å². The van der Waals surface area contributed by atoms with Crippen LogP contribution in [-0.4, -0.2) is 56.9 Å². The lowest BCUT2D eigenvalue weighted by molar-refractivity contribution is 0.182. The molecule has 0 aliphatic carbocycles. The van der Waals surface area contributed by atoms with E-state index in [2.05, 4.69) is 44.7 Å². The van der Waals surface area contributed by atoms with Gasteiger partial charge >= 0.3 is 14.2 Å². The highest BCUT2D eigenvalue weighted by Crippen LogP contribution is 2.28. The summed E-state index contributed by atoms with van der Waals surface area (Å²) < 4.78 is 11.0. The monoisotopic (exact) mass is 610 g/mol. The average Bonchev–Trinajstić information content (AvgIpc) is 3.05. The van der Waals surface area contributed by atoms with Gasteiger partial charge in [0, 0.05) is 23.0 Å². The van der Waals surface area contributed by atoms with Crippen LogP contribution in [0.5, 0.6) is 0 Å². The SMILES string of the molecule is CC1Cc2ccc(-c3ccc4c(N)cnnc4c3)cc2B(O)O1.CC1Cc2ccc(-c3ccc4c(N)cnnc4c3)cc2B(O)O1. The van der Waals surface area contributed by atoms with Gasteiger partial charge < -0.3 is 30.8 Å². The molecule has 0 saturated carbocycles. The number of fused-ring (bicyclic) bond motifs is 4. The van der Waals surface area contributed by atoms with Gasteiger partial charge in [0.25, 0.3) is 0 Å². The number of nitrogens with two attached hydrogens (primary N) is 2. The van der Waals surface area contributed by atoms with Crippen LogP contribution in [0.4, 0.5) is 11.4 Å². The predicted molar refractivity (Wildman–Crippen MR) is 182 cm³/mol. The van der Waals surface area contributed by atoms with Crippen molar-refractivity contribution in [1.82, 2.24) is 20.4 Å². The molecule has 228 valence electrons. The maximum atomic E-state index is 10.2.